The molecule has 0 aromatic heterocycles. The fraction of sp³-hybridized carbons (Fsp3) is 0.357. The third-order valence-corrected chi connectivity index (χ3v) is 3.17. The van der Waals surface area contributed by atoms with E-state index in [1.54, 1.807) is 0 Å². The predicted molar refractivity (Wildman–Crippen MR) is 70.6 cm³/mol. The van der Waals surface area contributed by atoms with Crippen molar-refractivity contribution in [1.82, 2.24) is 5.01 Å². The zero-order chi connectivity index (χ0) is 18.1. The van der Waals surface area contributed by atoms with Gasteiger partial charge in [-0.1, -0.05) is 5.92 Å². The van der Waals surface area contributed by atoms with E-state index >= 15 is 0 Å². The van der Waals surface area contributed by atoms with Gasteiger partial charge >= 0.3 is 12.5 Å². The van der Waals surface area contributed by atoms with Crippen molar-refractivity contribution in [1.29, 1.82) is 0 Å². The number of halogens is 6. The molecule has 1 aliphatic rings. The number of hydrogen-bond donors (Lipinski definition) is 0. The lowest BCUT2D eigenvalue weighted by Crippen LogP contribution is -2.40. The van der Waals surface area contributed by atoms with Crippen LogP contribution in [0.5, 0.6) is 5.75 Å². The molecule has 0 spiro atoms. The van der Waals surface area contributed by atoms with Gasteiger partial charge in [-0.25, -0.2) is 10.0 Å². The van der Waals surface area contributed by atoms with Gasteiger partial charge < -0.3 is 4.74 Å². The first kappa shape index (κ1) is 17.9. The summed E-state index contributed by atoms with van der Waals surface area (Å²) in [5.74, 6) is -1.93. The summed E-state index contributed by atoms with van der Waals surface area (Å²) in [4.78, 5) is 12.0. The lowest BCUT2D eigenvalue weighted by molar-refractivity contribution is -0.274. The number of amides is 1. The Labute approximate surface area is 132 Å². The molecule has 1 atom stereocenters. The summed E-state index contributed by atoms with van der Waals surface area (Å²) in [7, 11) is 0. The summed E-state index contributed by atoms with van der Waals surface area (Å²) in [6, 6.07) is 3.87. The van der Waals surface area contributed by atoms with Gasteiger partial charge in [0.05, 0.1) is 12.2 Å². The van der Waals surface area contributed by atoms with Crippen molar-refractivity contribution in [2.75, 3.05) is 18.1 Å². The second kappa shape index (κ2) is 6.24. The van der Waals surface area contributed by atoms with E-state index < -0.39 is 36.7 Å². The minimum Gasteiger partial charge on any atom is -0.406 e. The van der Waals surface area contributed by atoms with E-state index in [0.29, 0.717) is 0 Å². The molecule has 1 aliphatic heterocycles. The number of carbonyl (C=O) groups excluding carboxylic acids is 1. The van der Waals surface area contributed by atoms with E-state index in [1.165, 1.54) is 0 Å². The highest BCUT2D eigenvalue weighted by Gasteiger charge is 2.53. The maximum Gasteiger partial charge on any atom is 0.573 e. The molecule has 130 valence electrons. The first-order chi connectivity index (χ1) is 11.0. The molecule has 1 aromatic carbocycles. The van der Waals surface area contributed by atoms with E-state index in [4.69, 9.17) is 6.42 Å². The van der Waals surface area contributed by atoms with Gasteiger partial charge in [0.25, 0.3) is 5.91 Å². The summed E-state index contributed by atoms with van der Waals surface area (Å²) < 4.78 is 78.7. The largest absolute Gasteiger partial charge is 0.573 e. The Kier molecular flexibility index (Phi) is 4.66. The summed E-state index contributed by atoms with van der Waals surface area (Å²) in [6.07, 6.45) is -4.57. The highest BCUT2D eigenvalue weighted by molar-refractivity contribution is 5.96. The molecule has 2 rings (SSSR count). The Morgan fingerprint density at radius 1 is 1.17 bits per heavy atom. The second-order valence-corrected chi connectivity index (χ2v) is 4.84. The van der Waals surface area contributed by atoms with E-state index in [1.807, 2.05) is 0 Å². The molecule has 1 amide bonds. The van der Waals surface area contributed by atoms with Gasteiger partial charge in [0.2, 0.25) is 0 Å². The summed E-state index contributed by atoms with van der Waals surface area (Å²) >= 11 is 0. The molecule has 4 nitrogen and oxygen atoms in total. The SMILES string of the molecule is C#CCN1CC(C(F)(F)F)C(=O)N1c1ccc(OC(F)(F)F)cc1. The highest BCUT2D eigenvalue weighted by atomic mass is 19.4. The monoisotopic (exact) mass is 352 g/mol. The summed E-state index contributed by atoms with van der Waals surface area (Å²) in [5.41, 5.74) is -0.0449. The first-order valence-corrected chi connectivity index (χ1v) is 6.48. The average molecular weight is 352 g/mol. The van der Waals surface area contributed by atoms with E-state index in [2.05, 4.69) is 10.7 Å². The smallest absolute Gasteiger partial charge is 0.406 e. The van der Waals surface area contributed by atoms with Gasteiger partial charge in [0.1, 0.15) is 11.7 Å². The van der Waals surface area contributed by atoms with Crippen molar-refractivity contribution >= 4 is 11.6 Å². The number of benzene rings is 1. The van der Waals surface area contributed by atoms with Gasteiger partial charge in [-0.3, -0.25) is 4.79 Å². The van der Waals surface area contributed by atoms with Crippen LogP contribution >= 0.6 is 0 Å². The van der Waals surface area contributed by atoms with Crippen LogP contribution in [-0.4, -0.2) is 36.5 Å². The number of anilines is 1. The van der Waals surface area contributed by atoms with Crippen molar-refractivity contribution in [2.45, 2.75) is 12.5 Å². The number of ether oxygens (including phenoxy) is 1. The fourth-order valence-electron chi connectivity index (χ4n) is 2.22. The first-order valence-electron chi connectivity index (χ1n) is 6.48. The Morgan fingerprint density at radius 2 is 1.75 bits per heavy atom. The maximum atomic E-state index is 12.9. The molecule has 10 heteroatoms. The maximum absolute atomic E-state index is 12.9. The number of hydrazine groups is 1. The Bertz CT molecular complexity index is 647. The van der Waals surface area contributed by atoms with Crippen molar-refractivity contribution in [2.24, 2.45) is 5.92 Å². The van der Waals surface area contributed by atoms with Crippen LogP contribution in [0.15, 0.2) is 24.3 Å². The van der Waals surface area contributed by atoms with Crippen LogP contribution in [0, 0.1) is 18.3 Å². The number of nitrogens with zero attached hydrogens (tertiary/aromatic N) is 2. The number of rotatable bonds is 3. The molecule has 24 heavy (non-hydrogen) atoms. The fourth-order valence-corrected chi connectivity index (χ4v) is 2.22. The molecule has 1 aromatic rings. The van der Waals surface area contributed by atoms with E-state index in [-0.39, 0.29) is 12.2 Å². The summed E-state index contributed by atoms with van der Waals surface area (Å²) in [6.45, 7) is -0.924. The lowest BCUT2D eigenvalue weighted by atomic mass is 10.1. The molecule has 0 aliphatic carbocycles. The van der Waals surface area contributed by atoms with E-state index in [0.717, 1.165) is 34.3 Å². The lowest BCUT2D eigenvalue weighted by Gasteiger charge is -2.26. The third kappa shape index (κ3) is 3.91. The second-order valence-electron chi connectivity index (χ2n) is 4.84. The van der Waals surface area contributed by atoms with Gasteiger partial charge in [-0.2, -0.15) is 13.2 Å². The quantitative estimate of drug-likeness (QED) is 0.619. The zero-order valence-electron chi connectivity index (χ0n) is 11.9. The molecule has 1 unspecified atom stereocenters. The number of alkyl halides is 6. The molecule has 0 radical (unpaired) electrons. The molecular formula is C14H10F6N2O2. The van der Waals surface area contributed by atoms with Gasteiger partial charge in [0, 0.05) is 6.54 Å². The van der Waals surface area contributed by atoms with Crippen molar-refractivity contribution in [3.05, 3.63) is 24.3 Å². The van der Waals surface area contributed by atoms with Gasteiger partial charge in [-0.05, 0) is 24.3 Å². The minimum absolute atomic E-state index is 0.0449. The Morgan fingerprint density at radius 3 is 2.21 bits per heavy atom. The van der Waals surface area contributed by atoms with Crippen LogP contribution in [-0.2, 0) is 4.79 Å². The van der Waals surface area contributed by atoms with Crippen LogP contribution in [0.25, 0.3) is 0 Å². The topological polar surface area (TPSA) is 32.8 Å². The van der Waals surface area contributed by atoms with E-state index in [9.17, 15) is 31.1 Å². The zero-order valence-corrected chi connectivity index (χ0v) is 11.9. The van der Waals surface area contributed by atoms with Gasteiger partial charge in [0.15, 0.2) is 0 Å². The van der Waals surface area contributed by atoms with Crippen molar-refractivity contribution in [3.63, 3.8) is 0 Å². The molecular weight excluding hydrogens is 342 g/mol. The van der Waals surface area contributed by atoms with Crippen molar-refractivity contribution < 1.29 is 35.9 Å². The van der Waals surface area contributed by atoms with Crippen molar-refractivity contribution in [3.8, 4) is 18.1 Å². The van der Waals surface area contributed by atoms with Gasteiger partial charge in [-0.15, -0.1) is 19.6 Å². The summed E-state index contributed by atoms with van der Waals surface area (Å²) in [5, 5.41) is 1.72. The Hall–Kier alpha value is -2.41. The van der Waals surface area contributed by atoms with Crippen LogP contribution in [0.3, 0.4) is 0 Å². The normalized spacial score (nSPS) is 19.5. The van der Waals surface area contributed by atoms with Crippen LogP contribution in [0.4, 0.5) is 32.0 Å². The molecule has 1 fully saturated rings. The highest BCUT2D eigenvalue weighted by Crippen LogP contribution is 2.36. The van der Waals surface area contributed by atoms with Crippen LogP contribution < -0.4 is 9.75 Å². The molecule has 1 heterocycles. The number of hydrogen-bond acceptors (Lipinski definition) is 3. The molecule has 0 saturated carbocycles. The average Bonchev–Trinajstić information content (AvgIpc) is 2.75. The Balaban J connectivity index is 2.28. The third-order valence-electron chi connectivity index (χ3n) is 3.17. The molecule has 1 saturated heterocycles. The standard InChI is InChI=1S/C14H10F6N2O2/c1-2-7-21-8-11(13(15,16)17)12(23)22(21)9-3-5-10(6-4-9)24-14(18,19)20/h1,3-6,11H,7-8H2. The molecule has 0 N–H and O–H groups in total. The van der Waals surface area contributed by atoms with Crippen LogP contribution in [0.2, 0.25) is 0 Å². The van der Waals surface area contributed by atoms with Crippen LogP contribution in [0.1, 0.15) is 0 Å². The number of terminal acetylenes is 1. The predicted octanol–water partition coefficient (Wildman–Crippen LogP) is 2.96. The minimum atomic E-state index is -4.90. The number of carbonyl (C=O) groups is 1. The molecule has 0 bridgehead atoms.